The van der Waals surface area contributed by atoms with E-state index < -0.39 is 5.54 Å². The van der Waals surface area contributed by atoms with Gasteiger partial charge in [0.1, 0.15) is 5.82 Å². The van der Waals surface area contributed by atoms with E-state index in [0.29, 0.717) is 13.1 Å². The molecule has 2 N–H and O–H groups in total. The van der Waals surface area contributed by atoms with Crippen LogP contribution in [-0.2, 0) is 4.79 Å². The minimum Gasteiger partial charge on any atom is -0.368 e. The zero-order valence-electron chi connectivity index (χ0n) is 11.6. The van der Waals surface area contributed by atoms with Gasteiger partial charge in [0.25, 0.3) is 0 Å². The highest BCUT2D eigenvalue weighted by Gasteiger charge is 2.48. The van der Waals surface area contributed by atoms with Crippen LogP contribution in [0.15, 0.2) is 24.3 Å². The van der Waals surface area contributed by atoms with Gasteiger partial charge in [0.15, 0.2) is 0 Å². The number of halogens is 3. The van der Waals surface area contributed by atoms with E-state index in [1.165, 1.54) is 12.1 Å². The zero-order valence-corrected chi connectivity index (χ0v) is 13.3. The normalized spacial score (nSPS) is 19.3. The fourth-order valence-electron chi connectivity index (χ4n) is 2.48. The van der Waals surface area contributed by atoms with E-state index in [1.54, 1.807) is 12.1 Å². The number of nitrogens with two attached hydrogens (primary N) is 1. The van der Waals surface area contributed by atoms with Gasteiger partial charge in [-0.05, 0) is 37.1 Å². The summed E-state index contributed by atoms with van der Waals surface area (Å²) in [5.41, 5.74) is 6.37. The van der Waals surface area contributed by atoms with E-state index in [2.05, 4.69) is 4.90 Å². The highest BCUT2D eigenvalue weighted by molar-refractivity contribution is 5.89. The molecule has 7 heteroatoms. The maximum absolute atomic E-state index is 12.9. The van der Waals surface area contributed by atoms with E-state index in [0.717, 1.165) is 31.6 Å². The number of hydrogen-bond acceptors (Lipinski definition) is 3. The third kappa shape index (κ3) is 3.78. The summed E-state index contributed by atoms with van der Waals surface area (Å²) in [5, 5.41) is 0. The van der Waals surface area contributed by atoms with Crippen molar-refractivity contribution in [2.24, 2.45) is 5.73 Å². The third-order valence-corrected chi connectivity index (χ3v) is 3.97. The Morgan fingerprint density at radius 3 is 2.05 bits per heavy atom. The van der Waals surface area contributed by atoms with Crippen molar-refractivity contribution in [3.63, 3.8) is 0 Å². The van der Waals surface area contributed by atoms with Crippen molar-refractivity contribution in [1.29, 1.82) is 0 Å². The standard InChI is InChI=1S/C14H18FN3O.2ClH/c15-11-1-3-12(4-2-11)17-7-9-18(10-8-17)13(19)14(16)5-6-14;;/h1-4H,5-10,16H2;2*1H. The molecule has 1 heterocycles. The van der Waals surface area contributed by atoms with Gasteiger partial charge in [-0.15, -0.1) is 24.8 Å². The fraction of sp³-hybridized carbons (Fsp3) is 0.500. The molecular weight excluding hydrogens is 316 g/mol. The van der Waals surface area contributed by atoms with E-state index in [-0.39, 0.29) is 36.5 Å². The van der Waals surface area contributed by atoms with E-state index in [4.69, 9.17) is 5.73 Å². The highest BCUT2D eigenvalue weighted by atomic mass is 35.5. The lowest BCUT2D eigenvalue weighted by Gasteiger charge is -2.37. The van der Waals surface area contributed by atoms with Crippen LogP contribution in [0.2, 0.25) is 0 Å². The van der Waals surface area contributed by atoms with Crippen molar-refractivity contribution in [2.45, 2.75) is 18.4 Å². The second kappa shape index (κ2) is 6.81. The summed E-state index contributed by atoms with van der Waals surface area (Å²) in [7, 11) is 0. The van der Waals surface area contributed by atoms with Crippen molar-refractivity contribution in [3.8, 4) is 0 Å². The molecule has 118 valence electrons. The first-order valence-corrected chi connectivity index (χ1v) is 6.67. The molecule has 0 bridgehead atoms. The van der Waals surface area contributed by atoms with Crippen molar-refractivity contribution >= 4 is 36.4 Å². The van der Waals surface area contributed by atoms with Crippen molar-refractivity contribution in [3.05, 3.63) is 30.1 Å². The predicted molar refractivity (Wildman–Crippen MR) is 85.8 cm³/mol. The van der Waals surface area contributed by atoms with Gasteiger partial charge in [0.2, 0.25) is 5.91 Å². The van der Waals surface area contributed by atoms with Gasteiger partial charge in [-0.25, -0.2) is 4.39 Å². The molecule has 1 saturated heterocycles. The molecule has 0 aromatic heterocycles. The van der Waals surface area contributed by atoms with Crippen LogP contribution in [0.5, 0.6) is 0 Å². The molecule has 0 spiro atoms. The summed E-state index contributed by atoms with van der Waals surface area (Å²) in [5.74, 6) is -0.136. The first kappa shape index (κ1) is 18.0. The quantitative estimate of drug-likeness (QED) is 0.896. The Morgan fingerprint density at radius 2 is 1.57 bits per heavy atom. The Kier molecular flexibility index (Phi) is 5.84. The lowest BCUT2D eigenvalue weighted by molar-refractivity contribution is -0.133. The molecule has 3 rings (SSSR count). The van der Waals surface area contributed by atoms with Crippen LogP contribution in [0, 0.1) is 5.82 Å². The van der Waals surface area contributed by atoms with Crippen LogP contribution in [0.4, 0.5) is 10.1 Å². The van der Waals surface area contributed by atoms with Gasteiger partial charge in [0.05, 0.1) is 5.54 Å². The SMILES string of the molecule is Cl.Cl.NC1(C(=O)N2CCN(c3ccc(F)cc3)CC2)CC1. The molecule has 2 fully saturated rings. The summed E-state index contributed by atoms with van der Waals surface area (Å²) in [6.45, 7) is 2.92. The van der Waals surface area contributed by atoms with E-state index >= 15 is 0 Å². The van der Waals surface area contributed by atoms with Crippen LogP contribution in [0.3, 0.4) is 0 Å². The number of benzene rings is 1. The molecule has 21 heavy (non-hydrogen) atoms. The Balaban J connectivity index is 0.00000110. The molecule has 1 saturated carbocycles. The molecule has 1 amide bonds. The van der Waals surface area contributed by atoms with E-state index in [9.17, 15) is 9.18 Å². The number of nitrogens with zero attached hydrogens (tertiary/aromatic N) is 2. The Bertz CT molecular complexity index is 485. The van der Waals surface area contributed by atoms with Crippen LogP contribution in [0.25, 0.3) is 0 Å². The van der Waals surface area contributed by atoms with Gasteiger partial charge in [-0.3, -0.25) is 4.79 Å². The summed E-state index contributed by atoms with van der Waals surface area (Å²) >= 11 is 0. The maximum Gasteiger partial charge on any atom is 0.242 e. The van der Waals surface area contributed by atoms with Gasteiger partial charge in [-0.2, -0.15) is 0 Å². The number of carbonyl (C=O) groups excluding carboxylic acids is 1. The summed E-state index contributed by atoms with van der Waals surface area (Å²) in [6, 6.07) is 6.48. The summed E-state index contributed by atoms with van der Waals surface area (Å²) in [4.78, 5) is 16.1. The third-order valence-electron chi connectivity index (χ3n) is 3.97. The summed E-state index contributed by atoms with van der Waals surface area (Å²) in [6.07, 6.45) is 1.62. The molecule has 1 aromatic rings. The largest absolute Gasteiger partial charge is 0.368 e. The lowest BCUT2D eigenvalue weighted by atomic mass is 10.2. The topological polar surface area (TPSA) is 49.6 Å². The van der Waals surface area contributed by atoms with E-state index in [1.807, 2.05) is 4.90 Å². The van der Waals surface area contributed by atoms with Gasteiger partial charge < -0.3 is 15.5 Å². The molecule has 0 atom stereocenters. The Hall–Kier alpha value is -1.04. The van der Waals surface area contributed by atoms with Crippen molar-refractivity contribution in [1.82, 2.24) is 4.90 Å². The monoisotopic (exact) mass is 335 g/mol. The van der Waals surface area contributed by atoms with Gasteiger partial charge in [-0.1, -0.05) is 0 Å². The molecule has 1 aliphatic heterocycles. The first-order chi connectivity index (χ1) is 9.08. The molecular formula is C14H20Cl2FN3O. The highest BCUT2D eigenvalue weighted by Crippen LogP contribution is 2.34. The lowest BCUT2D eigenvalue weighted by Crippen LogP contribution is -2.54. The predicted octanol–water partition coefficient (Wildman–Crippen LogP) is 1.81. The minimum atomic E-state index is -0.571. The fourth-order valence-corrected chi connectivity index (χ4v) is 2.48. The Morgan fingerprint density at radius 1 is 1.05 bits per heavy atom. The molecule has 2 aliphatic rings. The van der Waals surface area contributed by atoms with Crippen LogP contribution < -0.4 is 10.6 Å². The summed E-state index contributed by atoms with van der Waals surface area (Å²) < 4.78 is 12.9. The van der Waals surface area contributed by atoms with Gasteiger partial charge in [0, 0.05) is 31.9 Å². The number of hydrogen-bond donors (Lipinski definition) is 1. The smallest absolute Gasteiger partial charge is 0.242 e. The van der Waals surface area contributed by atoms with Gasteiger partial charge >= 0.3 is 0 Å². The Labute approximate surface area is 136 Å². The number of anilines is 1. The van der Waals surface area contributed by atoms with Crippen LogP contribution in [0.1, 0.15) is 12.8 Å². The number of carbonyl (C=O) groups is 1. The molecule has 1 aromatic carbocycles. The molecule has 1 aliphatic carbocycles. The first-order valence-electron chi connectivity index (χ1n) is 6.67. The average molecular weight is 336 g/mol. The number of piperazine rings is 1. The maximum atomic E-state index is 12.9. The van der Waals surface area contributed by atoms with Crippen molar-refractivity contribution in [2.75, 3.05) is 31.1 Å². The average Bonchev–Trinajstić information content (AvgIpc) is 3.18. The second-order valence-electron chi connectivity index (χ2n) is 5.41. The van der Waals surface area contributed by atoms with Crippen LogP contribution in [-0.4, -0.2) is 42.5 Å². The van der Waals surface area contributed by atoms with Crippen LogP contribution >= 0.6 is 24.8 Å². The molecule has 4 nitrogen and oxygen atoms in total. The molecule has 0 radical (unpaired) electrons. The minimum absolute atomic E-state index is 0. The van der Waals surface area contributed by atoms with Crippen molar-refractivity contribution < 1.29 is 9.18 Å². The number of amides is 1. The number of rotatable bonds is 2. The second-order valence-corrected chi connectivity index (χ2v) is 5.41. The molecule has 0 unspecified atom stereocenters. The zero-order chi connectivity index (χ0) is 13.5.